The minimum atomic E-state index is 0. The smallest absolute Gasteiger partial charge is 0.234 e. The molecular weight excluding hydrogens is 338 g/mol. The molecule has 25 heavy (non-hydrogen) atoms. The molecule has 3 rings (SSSR count). The number of halogens is 1. The van der Waals surface area contributed by atoms with Gasteiger partial charge in [0, 0.05) is 45.1 Å². The van der Waals surface area contributed by atoms with E-state index in [0.29, 0.717) is 12.6 Å². The van der Waals surface area contributed by atoms with Gasteiger partial charge in [0.05, 0.1) is 12.6 Å². The lowest BCUT2D eigenvalue weighted by atomic mass is 9.97. The predicted octanol–water partition coefficient (Wildman–Crippen LogP) is 2.02. The van der Waals surface area contributed by atoms with Crippen LogP contribution in [0, 0.1) is 0 Å². The summed E-state index contributed by atoms with van der Waals surface area (Å²) < 4.78 is 2.05. The van der Waals surface area contributed by atoms with Gasteiger partial charge in [0.1, 0.15) is 5.82 Å². The van der Waals surface area contributed by atoms with Gasteiger partial charge in [0.2, 0.25) is 5.91 Å². The Bertz CT molecular complexity index is 527. The second-order valence-corrected chi connectivity index (χ2v) is 7.20. The van der Waals surface area contributed by atoms with E-state index >= 15 is 0 Å². The lowest BCUT2D eigenvalue weighted by Gasteiger charge is -2.35. The first-order chi connectivity index (χ1) is 11.7. The molecule has 0 radical (unpaired) electrons. The number of aromatic nitrogens is 2. The molecule has 1 aliphatic carbocycles. The fourth-order valence-corrected chi connectivity index (χ4v) is 3.95. The van der Waals surface area contributed by atoms with Crippen molar-refractivity contribution in [1.82, 2.24) is 25.1 Å². The molecule has 1 saturated heterocycles. The van der Waals surface area contributed by atoms with Crippen molar-refractivity contribution in [1.29, 1.82) is 0 Å². The number of rotatable bonds is 4. The molecule has 1 aromatic heterocycles. The van der Waals surface area contributed by atoms with E-state index in [1.165, 1.54) is 32.1 Å². The summed E-state index contributed by atoms with van der Waals surface area (Å²) in [6, 6.07) is 0.536. The fourth-order valence-electron chi connectivity index (χ4n) is 3.95. The first-order valence-electron chi connectivity index (χ1n) is 9.45. The molecule has 142 valence electrons. The number of carbonyl (C=O) groups excluding carboxylic acids is 1. The van der Waals surface area contributed by atoms with Crippen molar-refractivity contribution in [2.24, 2.45) is 7.05 Å². The number of nitrogens with zero attached hydrogens (tertiary/aromatic N) is 3. The van der Waals surface area contributed by atoms with Gasteiger partial charge in [-0.25, -0.2) is 4.98 Å². The largest absolute Gasteiger partial charge is 0.352 e. The number of carbonyl (C=O) groups is 1. The van der Waals surface area contributed by atoms with E-state index in [-0.39, 0.29) is 24.4 Å². The summed E-state index contributed by atoms with van der Waals surface area (Å²) in [5.41, 5.74) is 0. The molecule has 1 amide bonds. The van der Waals surface area contributed by atoms with Crippen molar-refractivity contribution in [2.75, 3.05) is 26.2 Å². The van der Waals surface area contributed by atoms with Crippen LogP contribution < -0.4 is 10.6 Å². The average molecular weight is 370 g/mol. The van der Waals surface area contributed by atoms with Crippen LogP contribution in [0.1, 0.15) is 56.8 Å². The number of imidazole rings is 1. The lowest BCUT2D eigenvalue weighted by molar-refractivity contribution is -0.124. The maximum atomic E-state index is 12.6. The zero-order valence-electron chi connectivity index (χ0n) is 15.2. The van der Waals surface area contributed by atoms with Crippen molar-refractivity contribution in [3.05, 3.63) is 18.2 Å². The van der Waals surface area contributed by atoms with Crippen molar-refractivity contribution in [3.8, 4) is 0 Å². The molecule has 6 nitrogen and oxygen atoms in total. The number of aryl methyl sites for hydroxylation is 1. The van der Waals surface area contributed by atoms with E-state index in [4.69, 9.17) is 0 Å². The van der Waals surface area contributed by atoms with Crippen LogP contribution in [0.5, 0.6) is 0 Å². The third-order valence-corrected chi connectivity index (χ3v) is 5.33. The Labute approximate surface area is 157 Å². The minimum Gasteiger partial charge on any atom is -0.352 e. The topological polar surface area (TPSA) is 62.2 Å². The Morgan fingerprint density at radius 1 is 1.28 bits per heavy atom. The van der Waals surface area contributed by atoms with Crippen LogP contribution in [-0.4, -0.2) is 52.6 Å². The first kappa shape index (κ1) is 20.2. The lowest BCUT2D eigenvalue weighted by Crippen LogP contribution is -2.51. The number of hydrogen-bond donors (Lipinski definition) is 2. The molecule has 0 spiro atoms. The third kappa shape index (κ3) is 5.69. The number of nitrogens with one attached hydrogen (secondary N) is 2. The molecule has 1 aliphatic heterocycles. The number of hydrogen-bond acceptors (Lipinski definition) is 4. The summed E-state index contributed by atoms with van der Waals surface area (Å²) in [5.74, 6) is 1.20. The van der Waals surface area contributed by atoms with Crippen LogP contribution in [0.25, 0.3) is 0 Å². The summed E-state index contributed by atoms with van der Waals surface area (Å²) in [6.07, 6.45) is 12.5. The Balaban J connectivity index is 0.00000225. The Hall–Kier alpha value is -1.11. The van der Waals surface area contributed by atoms with Crippen LogP contribution in [0.4, 0.5) is 0 Å². The molecule has 1 unspecified atom stereocenters. The molecule has 2 N–H and O–H groups in total. The zero-order valence-corrected chi connectivity index (χ0v) is 16.1. The Kier molecular flexibility index (Phi) is 8.19. The van der Waals surface area contributed by atoms with Gasteiger partial charge in [-0.05, 0) is 12.8 Å². The number of piperazine rings is 1. The SMILES string of the molecule is Cl.Cn1ccnc1C1CNCCN1CC(=O)NC1CCCCCCC1. The van der Waals surface area contributed by atoms with Gasteiger partial charge in [-0.15, -0.1) is 12.4 Å². The Morgan fingerprint density at radius 3 is 2.68 bits per heavy atom. The normalized spacial score (nSPS) is 23.3. The van der Waals surface area contributed by atoms with Gasteiger partial charge >= 0.3 is 0 Å². The maximum Gasteiger partial charge on any atom is 0.234 e. The molecule has 1 aromatic rings. The first-order valence-corrected chi connectivity index (χ1v) is 9.45. The summed E-state index contributed by atoms with van der Waals surface area (Å²) in [4.78, 5) is 19.3. The van der Waals surface area contributed by atoms with Gasteiger partial charge in [-0.1, -0.05) is 32.1 Å². The molecule has 0 aromatic carbocycles. The van der Waals surface area contributed by atoms with Crippen LogP contribution in [-0.2, 0) is 11.8 Å². The van der Waals surface area contributed by atoms with Crippen molar-refractivity contribution >= 4 is 18.3 Å². The Morgan fingerprint density at radius 2 is 2.00 bits per heavy atom. The molecule has 2 heterocycles. The summed E-state index contributed by atoms with van der Waals surface area (Å²) in [5, 5.41) is 6.71. The van der Waals surface area contributed by atoms with E-state index < -0.39 is 0 Å². The van der Waals surface area contributed by atoms with E-state index in [2.05, 4.69) is 25.1 Å². The average Bonchev–Trinajstić information content (AvgIpc) is 2.96. The summed E-state index contributed by atoms with van der Waals surface area (Å²) >= 11 is 0. The van der Waals surface area contributed by atoms with Gasteiger partial charge < -0.3 is 15.2 Å². The van der Waals surface area contributed by atoms with Gasteiger partial charge in [-0.2, -0.15) is 0 Å². The second kappa shape index (κ2) is 10.1. The maximum absolute atomic E-state index is 12.6. The van der Waals surface area contributed by atoms with E-state index in [1.54, 1.807) is 0 Å². The zero-order chi connectivity index (χ0) is 16.8. The van der Waals surface area contributed by atoms with E-state index in [0.717, 1.165) is 38.3 Å². The van der Waals surface area contributed by atoms with E-state index in [9.17, 15) is 4.79 Å². The van der Waals surface area contributed by atoms with Gasteiger partial charge in [-0.3, -0.25) is 9.69 Å². The number of amides is 1. The van der Waals surface area contributed by atoms with Crippen LogP contribution in [0.3, 0.4) is 0 Å². The van der Waals surface area contributed by atoms with Crippen LogP contribution >= 0.6 is 12.4 Å². The van der Waals surface area contributed by atoms with Crippen molar-refractivity contribution < 1.29 is 4.79 Å². The molecular formula is C18H32ClN5O. The fraction of sp³-hybridized carbons (Fsp3) is 0.778. The highest BCUT2D eigenvalue weighted by Gasteiger charge is 2.28. The highest BCUT2D eigenvalue weighted by molar-refractivity contribution is 5.85. The second-order valence-electron chi connectivity index (χ2n) is 7.20. The highest BCUT2D eigenvalue weighted by Crippen LogP contribution is 2.20. The summed E-state index contributed by atoms with van der Waals surface area (Å²) in [7, 11) is 2.02. The van der Waals surface area contributed by atoms with Crippen molar-refractivity contribution in [3.63, 3.8) is 0 Å². The molecule has 1 atom stereocenters. The predicted molar refractivity (Wildman–Crippen MR) is 102 cm³/mol. The van der Waals surface area contributed by atoms with Crippen LogP contribution in [0.2, 0.25) is 0 Å². The van der Waals surface area contributed by atoms with Gasteiger partial charge in [0.15, 0.2) is 0 Å². The molecule has 2 fully saturated rings. The standard InChI is InChI=1S/C18H31N5O.ClH/c1-22-11-10-20-18(22)16-13-19-9-12-23(16)14-17(24)21-15-7-5-3-2-4-6-8-15;/h10-11,15-16,19H,2-9,12-14H2,1H3,(H,21,24);1H. The molecule has 7 heteroatoms. The molecule has 2 aliphatic rings. The van der Waals surface area contributed by atoms with E-state index in [1.807, 2.05) is 19.4 Å². The van der Waals surface area contributed by atoms with Crippen LogP contribution in [0.15, 0.2) is 12.4 Å². The molecule has 0 bridgehead atoms. The third-order valence-electron chi connectivity index (χ3n) is 5.33. The summed E-state index contributed by atoms with van der Waals surface area (Å²) in [6.45, 7) is 3.13. The highest BCUT2D eigenvalue weighted by atomic mass is 35.5. The van der Waals surface area contributed by atoms with Gasteiger partial charge in [0.25, 0.3) is 0 Å². The molecule has 1 saturated carbocycles. The minimum absolute atomic E-state index is 0. The monoisotopic (exact) mass is 369 g/mol. The van der Waals surface area contributed by atoms with Crippen molar-refractivity contribution in [2.45, 2.75) is 57.0 Å². The quantitative estimate of drug-likeness (QED) is 0.852.